The number of rotatable bonds is 2. The number of carbonyl (C=O) groups excluding carboxylic acids is 1. The molecule has 84 valence electrons. The summed E-state index contributed by atoms with van der Waals surface area (Å²) in [5.41, 5.74) is 0. The molecule has 1 N–H and O–H groups in total. The van der Waals surface area contributed by atoms with E-state index in [1.54, 1.807) is 4.90 Å². The molecule has 2 aliphatic heterocycles. The molecular formula is C10H15NO4. The first kappa shape index (κ1) is 10.4. The number of amides is 1. The van der Waals surface area contributed by atoms with Crippen LogP contribution in [0.4, 0.5) is 0 Å². The highest BCUT2D eigenvalue weighted by molar-refractivity contribution is 5.84. The molecule has 0 radical (unpaired) electrons. The Morgan fingerprint density at radius 2 is 2.00 bits per heavy atom. The minimum atomic E-state index is -0.820. The lowest BCUT2D eigenvalue weighted by Crippen LogP contribution is -2.55. The second kappa shape index (κ2) is 3.81. The van der Waals surface area contributed by atoms with E-state index in [0.29, 0.717) is 13.1 Å². The van der Waals surface area contributed by atoms with Crippen molar-refractivity contribution < 1.29 is 19.4 Å². The average molecular weight is 213 g/mol. The van der Waals surface area contributed by atoms with Gasteiger partial charge in [-0.15, -0.1) is 0 Å². The number of likely N-dealkylation sites (tertiary alicyclic amines) is 1. The molecule has 2 unspecified atom stereocenters. The summed E-state index contributed by atoms with van der Waals surface area (Å²) in [5, 5.41) is 8.67. The molecule has 0 aromatic rings. The van der Waals surface area contributed by atoms with E-state index in [-0.39, 0.29) is 24.0 Å². The normalized spacial score (nSPS) is 31.4. The molecular weight excluding hydrogens is 198 g/mol. The number of ether oxygens (including phenoxy) is 1. The minimum Gasteiger partial charge on any atom is -0.481 e. The second-order valence-corrected chi connectivity index (χ2v) is 4.29. The molecule has 0 aromatic carbocycles. The zero-order valence-electron chi connectivity index (χ0n) is 8.68. The molecule has 2 fully saturated rings. The molecule has 0 aliphatic carbocycles. The van der Waals surface area contributed by atoms with E-state index in [4.69, 9.17) is 9.84 Å². The van der Waals surface area contributed by atoms with Gasteiger partial charge in [0.05, 0.1) is 12.0 Å². The number of aliphatic carboxylic acids is 1. The Morgan fingerprint density at radius 3 is 2.47 bits per heavy atom. The Hall–Kier alpha value is -1.10. The van der Waals surface area contributed by atoms with Crippen molar-refractivity contribution in [2.24, 2.45) is 5.92 Å². The molecule has 2 atom stereocenters. The van der Waals surface area contributed by atoms with Gasteiger partial charge in [-0.25, -0.2) is 0 Å². The monoisotopic (exact) mass is 213 g/mol. The predicted octanol–water partition coefficient (Wildman–Crippen LogP) is 0.0969. The highest BCUT2D eigenvalue weighted by Crippen LogP contribution is 2.24. The van der Waals surface area contributed by atoms with Crippen molar-refractivity contribution in [3.05, 3.63) is 0 Å². The summed E-state index contributed by atoms with van der Waals surface area (Å²) >= 11 is 0. The number of hydrogen-bond acceptors (Lipinski definition) is 3. The van der Waals surface area contributed by atoms with Gasteiger partial charge in [0.1, 0.15) is 6.10 Å². The van der Waals surface area contributed by atoms with Crippen molar-refractivity contribution in [3.8, 4) is 0 Å². The average Bonchev–Trinajstić information content (AvgIpc) is 2.48. The number of carboxylic acid groups (broad SMARTS) is 1. The van der Waals surface area contributed by atoms with Crippen LogP contribution in [0.2, 0.25) is 0 Å². The molecule has 0 spiro atoms. The van der Waals surface area contributed by atoms with Gasteiger partial charge >= 0.3 is 5.97 Å². The van der Waals surface area contributed by atoms with E-state index in [0.717, 1.165) is 12.8 Å². The smallest absolute Gasteiger partial charge is 0.310 e. The molecule has 2 saturated heterocycles. The van der Waals surface area contributed by atoms with Crippen LogP contribution < -0.4 is 0 Å². The molecule has 0 aromatic heterocycles. The van der Waals surface area contributed by atoms with Crippen molar-refractivity contribution in [2.45, 2.75) is 32.0 Å². The molecule has 2 rings (SSSR count). The predicted molar refractivity (Wildman–Crippen MR) is 51.3 cm³/mol. The van der Waals surface area contributed by atoms with Gasteiger partial charge in [-0.3, -0.25) is 9.59 Å². The van der Waals surface area contributed by atoms with Crippen LogP contribution in [0.15, 0.2) is 0 Å². The molecule has 0 saturated carbocycles. The maximum atomic E-state index is 11.7. The van der Waals surface area contributed by atoms with Crippen molar-refractivity contribution >= 4 is 11.9 Å². The van der Waals surface area contributed by atoms with Crippen molar-refractivity contribution in [2.75, 3.05) is 13.1 Å². The summed E-state index contributed by atoms with van der Waals surface area (Å²) in [4.78, 5) is 23.9. The number of carbonyl (C=O) groups is 2. The summed E-state index contributed by atoms with van der Waals surface area (Å²) in [5.74, 6) is -1.25. The van der Waals surface area contributed by atoms with Gasteiger partial charge in [0.25, 0.3) is 5.91 Å². The van der Waals surface area contributed by atoms with E-state index in [9.17, 15) is 9.59 Å². The molecule has 5 heteroatoms. The van der Waals surface area contributed by atoms with E-state index in [1.807, 2.05) is 6.92 Å². The summed E-state index contributed by atoms with van der Waals surface area (Å²) in [6.07, 6.45) is 1.48. The molecule has 15 heavy (non-hydrogen) atoms. The Balaban J connectivity index is 1.81. The van der Waals surface area contributed by atoms with E-state index >= 15 is 0 Å². The topological polar surface area (TPSA) is 66.8 Å². The van der Waals surface area contributed by atoms with Gasteiger partial charge in [0, 0.05) is 13.1 Å². The Bertz CT molecular complexity index is 285. The quantitative estimate of drug-likeness (QED) is 0.706. The fourth-order valence-electron chi connectivity index (χ4n) is 2.00. The van der Waals surface area contributed by atoms with Gasteiger partial charge < -0.3 is 14.7 Å². The first-order valence-corrected chi connectivity index (χ1v) is 5.25. The fraction of sp³-hybridized carbons (Fsp3) is 0.800. The van der Waals surface area contributed by atoms with Crippen LogP contribution in [0, 0.1) is 5.92 Å². The lowest BCUT2D eigenvalue weighted by atomic mass is 9.99. The van der Waals surface area contributed by atoms with E-state index in [1.165, 1.54) is 0 Å². The lowest BCUT2D eigenvalue weighted by molar-refractivity contribution is -0.158. The standard InChI is InChI=1S/C10H15NO4/c1-6-2-3-8(15-6)9(12)11-4-7(5-11)10(13)14/h6-8H,2-5H2,1H3,(H,13,14). The maximum absolute atomic E-state index is 11.7. The first-order chi connectivity index (χ1) is 7.08. The van der Waals surface area contributed by atoms with Crippen molar-refractivity contribution in [1.82, 2.24) is 4.90 Å². The van der Waals surface area contributed by atoms with Gasteiger partial charge in [-0.05, 0) is 19.8 Å². The molecule has 1 amide bonds. The van der Waals surface area contributed by atoms with Gasteiger partial charge in [-0.2, -0.15) is 0 Å². The molecule has 0 bridgehead atoms. The van der Waals surface area contributed by atoms with Crippen LogP contribution >= 0.6 is 0 Å². The van der Waals surface area contributed by atoms with Crippen LogP contribution in [-0.2, 0) is 14.3 Å². The van der Waals surface area contributed by atoms with Crippen LogP contribution in [0.3, 0.4) is 0 Å². The van der Waals surface area contributed by atoms with Crippen molar-refractivity contribution in [1.29, 1.82) is 0 Å². The zero-order chi connectivity index (χ0) is 11.0. The van der Waals surface area contributed by atoms with E-state index in [2.05, 4.69) is 0 Å². The molecule has 2 heterocycles. The summed E-state index contributed by atoms with van der Waals surface area (Å²) in [7, 11) is 0. The first-order valence-electron chi connectivity index (χ1n) is 5.25. The Morgan fingerprint density at radius 1 is 1.33 bits per heavy atom. The zero-order valence-corrected chi connectivity index (χ0v) is 8.68. The minimum absolute atomic E-state index is 0.0446. The third kappa shape index (κ3) is 1.97. The SMILES string of the molecule is CC1CCC(C(=O)N2CC(C(=O)O)C2)O1. The summed E-state index contributed by atoms with van der Waals surface area (Å²) < 4.78 is 5.44. The summed E-state index contributed by atoms with van der Waals surface area (Å²) in [6.45, 7) is 2.62. The van der Waals surface area contributed by atoms with Gasteiger partial charge in [-0.1, -0.05) is 0 Å². The van der Waals surface area contributed by atoms with Crippen LogP contribution in [-0.4, -0.2) is 47.2 Å². The van der Waals surface area contributed by atoms with Crippen LogP contribution in [0.1, 0.15) is 19.8 Å². The lowest BCUT2D eigenvalue weighted by Gasteiger charge is -2.37. The summed E-state index contributed by atoms with van der Waals surface area (Å²) in [6, 6.07) is 0. The number of hydrogen-bond donors (Lipinski definition) is 1. The third-order valence-electron chi connectivity index (χ3n) is 3.05. The Labute approximate surface area is 88.0 Å². The van der Waals surface area contributed by atoms with Crippen molar-refractivity contribution in [3.63, 3.8) is 0 Å². The molecule has 2 aliphatic rings. The Kier molecular flexibility index (Phi) is 2.65. The second-order valence-electron chi connectivity index (χ2n) is 4.29. The van der Waals surface area contributed by atoms with Crippen LogP contribution in [0.5, 0.6) is 0 Å². The highest BCUT2D eigenvalue weighted by atomic mass is 16.5. The van der Waals surface area contributed by atoms with Crippen LogP contribution in [0.25, 0.3) is 0 Å². The number of nitrogens with zero attached hydrogens (tertiary/aromatic N) is 1. The highest BCUT2D eigenvalue weighted by Gasteiger charge is 2.40. The molecule has 5 nitrogen and oxygen atoms in total. The van der Waals surface area contributed by atoms with Gasteiger partial charge in [0.15, 0.2) is 0 Å². The maximum Gasteiger partial charge on any atom is 0.310 e. The van der Waals surface area contributed by atoms with Gasteiger partial charge in [0.2, 0.25) is 0 Å². The fourth-order valence-corrected chi connectivity index (χ4v) is 2.00. The third-order valence-corrected chi connectivity index (χ3v) is 3.05. The van der Waals surface area contributed by atoms with E-state index < -0.39 is 5.97 Å². The largest absolute Gasteiger partial charge is 0.481 e. The number of carboxylic acids is 1.